The van der Waals surface area contributed by atoms with Gasteiger partial charge < -0.3 is 49.0 Å². The third kappa shape index (κ3) is 12.2. The molecule has 16 heteroatoms. The Labute approximate surface area is 219 Å². The molecule has 38 heavy (non-hydrogen) atoms. The summed E-state index contributed by atoms with van der Waals surface area (Å²) in [5, 5.41) is 16.7. The van der Waals surface area contributed by atoms with Gasteiger partial charge in [-0.05, 0) is 25.2 Å². The number of aliphatic carboxylic acids is 1. The summed E-state index contributed by atoms with van der Waals surface area (Å²) in [7, 11) is 0. The number of aromatic amines is 1. The average molecular weight is 539 g/mol. The molecule has 0 aliphatic rings. The SMILES string of the molecule is CC(C)CC(N)C(=O)NC(CCCN=C(N)N)C(=O)NC(CC(N)=O)C(=O)NC(Cc1cnc[nH]1)C(=O)O. The number of amides is 4. The number of H-pyrrole nitrogens is 1. The lowest BCUT2D eigenvalue weighted by Gasteiger charge is -2.25. The second kappa shape index (κ2) is 15.8. The van der Waals surface area contributed by atoms with E-state index in [0.717, 1.165) is 0 Å². The van der Waals surface area contributed by atoms with Gasteiger partial charge in [-0.1, -0.05) is 13.8 Å². The zero-order chi connectivity index (χ0) is 28.8. The molecule has 4 amide bonds. The van der Waals surface area contributed by atoms with Crippen LogP contribution in [0, 0.1) is 5.92 Å². The van der Waals surface area contributed by atoms with E-state index < -0.39 is 60.2 Å². The minimum Gasteiger partial charge on any atom is -0.480 e. The van der Waals surface area contributed by atoms with Crippen LogP contribution in [0.5, 0.6) is 0 Å². The van der Waals surface area contributed by atoms with Crippen molar-refractivity contribution < 1.29 is 29.1 Å². The van der Waals surface area contributed by atoms with Crippen LogP contribution >= 0.6 is 0 Å². The van der Waals surface area contributed by atoms with Crippen molar-refractivity contribution in [3.63, 3.8) is 0 Å². The zero-order valence-corrected chi connectivity index (χ0v) is 21.5. The molecule has 1 rings (SSSR count). The fraction of sp³-hybridized carbons (Fsp3) is 0.591. The molecule has 0 aliphatic carbocycles. The van der Waals surface area contributed by atoms with Gasteiger partial charge in [0.2, 0.25) is 23.6 Å². The van der Waals surface area contributed by atoms with Gasteiger partial charge in [-0.25, -0.2) is 9.78 Å². The third-order valence-corrected chi connectivity index (χ3v) is 5.27. The van der Waals surface area contributed by atoms with E-state index in [2.05, 4.69) is 30.9 Å². The van der Waals surface area contributed by atoms with Gasteiger partial charge in [0, 0.05) is 24.9 Å². The number of nitrogens with two attached hydrogens (primary N) is 4. The number of primary amides is 1. The Balaban J connectivity index is 3.02. The average Bonchev–Trinajstić information content (AvgIpc) is 3.32. The third-order valence-electron chi connectivity index (χ3n) is 5.27. The molecular weight excluding hydrogens is 500 g/mol. The summed E-state index contributed by atoms with van der Waals surface area (Å²) in [5.74, 6) is -4.62. The van der Waals surface area contributed by atoms with Crippen molar-refractivity contribution in [2.24, 2.45) is 33.8 Å². The van der Waals surface area contributed by atoms with Gasteiger partial charge in [-0.3, -0.25) is 24.2 Å². The number of carboxylic acid groups (broad SMARTS) is 1. The van der Waals surface area contributed by atoms with Crippen LogP contribution in [0.3, 0.4) is 0 Å². The Morgan fingerprint density at radius 2 is 1.61 bits per heavy atom. The van der Waals surface area contributed by atoms with Crippen LogP contribution in [0.4, 0.5) is 0 Å². The molecule has 4 atom stereocenters. The standard InChI is InChI=1S/C22H38N10O6/c1-11(2)6-13(23)18(34)30-14(4-3-5-28-22(25)26)19(35)31-15(8-17(24)33)20(36)32-16(21(37)38)7-12-9-27-10-29-12/h9-11,13-16H,3-8,23H2,1-2H3,(H2,24,33)(H,27,29)(H,30,34)(H,31,35)(H,32,36)(H,37,38)(H4,25,26,28). The molecule has 0 saturated carbocycles. The van der Waals surface area contributed by atoms with E-state index in [1.165, 1.54) is 12.5 Å². The number of carbonyl (C=O) groups is 5. The summed E-state index contributed by atoms with van der Waals surface area (Å²) in [4.78, 5) is 72.3. The van der Waals surface area contributed by atoms with E-state index in [4.69, 9.17) is 22.9 Å². The lowest BCUT2D eigenvalue weighted by Crippen LogP contribution is -2.58. The summed E-state index contributed by atoms with van der Waals surface area (Å²) in [6.07, 6.45) is 2.73. The molecule has 0 aliphatic heterocycles. The van der Waals surface area contributed by atoms with Gasteiger partial charge in [0.15, 0.2) is 5.96 Å². The van der Waals surface area contributed by atoms with E-state index in [0.29, 0.717) is 12.1 Å². The summed E-state index contributed by atoms with van der Waals surface area (Å²) in [6.45, 7) is 3.94. The summed E-state index contributed by atoms with van der Waals surface area (Å²) in [5.41, 5.74) is 22.2. The van der Waals surface area contributed by atoms with E-state index in [1.54, 1.807) is 0 Å². The minimum absolute atomic E-state index is 0.0746. The molecule has 0 bridgehead atoms. The number of aromatic nitrogens is 2. The predicted octanol–water partition coefficient (Wildman–Crippen LogP) is -3.21. The van der Waals surface area contributed by atoms with Crippen molar-refractivity contribution in [3.8, 4) is 0 Å². The molecule has 0 aromatic carbocycles. The molecule has 0 saturated heterocycles. The molecule has 0 fully saturated rings. The number of carbonyl (C=O) groups excluding carboxylic acids is 4. The second-order valence-electron chi connectivity index (χ2n) is 9.16. The predicted molar refractivity (Wildman–Crippen MR) is 137 cm³/mol. The van der Waals surface area contributed by atoms with Crippen LogP contribution in [0.2, 0.25) is 0 Å². The van der Waals surface area contributed by atoms with E-state index in [-0.39, 0.29) is 37.7 Å². The summed E-state index contributed by atoms with van der Waals surface area (Å²) < 4.78 is 0. The Hall–Kier alpha value is -4.21. The fourth-order valence-electron chi connectivity index (χ4n) is 3.44. The molecule has 4 unspecified atom stereocenters. The minimum atomic E-state index is -1.51. The molecule has 16 nitrogen and oxygen atoms in total. The van der Waals surface area contributed by atoms with Crippen LogP contribution in [0.1, 0.15) is 45.2 Å². The molecule has 0 spiro atoms. The Morgan fingerprint density at radius 1 is 1.00 bits per heavy atom. The van der Waals surface area contributed by atoms with Gasteiger partial charge in [-0.15, -0.1) is 0 Å². The maximum absolute atomic E-state index is 13.1. The van der Waals surface area contributed by atoms with Gasteiger partial charge in [0.05, 0.1) is 18.8 Å². The number of aliphatic imine (C=N–C) groups is 1. The van der Waals surface area contributed by atoms with Gasteiger partial charge in [0.1, 0.15) is 18.1 Å². The van der Waals surface area contributed by atoms with Crippen molar-refractivity contribution in [2.45, 2.75) is 70.1 Å². The first-order valence-electron chi connectivity index (χ1n) is 12.0. The van der Waals surface area contributed by atoms with Crippen LogP contribution in [0.15, 0.2) is 17.5 Å². The first kappa shape index (κ1) is 31.8. The number of carboxylic acids is 1. The van der Waals surface area contributed by atoms with Crippen molar-refractivity contribution >= 4 is 35.6 Å². The number of imidazole rings is 1. The number of guanidine groups is 1. The van der Waals surface area contributed by atoms with Crippen molar-refractivity contribution in [2.75, 3.05) is 6.54 Å². The molecule has 1 heterocycles. The molecule has 1 aromatic heterocycles. The number of hydrogen-bond donors (Lipinski definition) is 9. The largest absolute Gasteiger partial charge is 0.480 e. The monoisotopic (exact) mass is 538 g/mol. The van der Waals surface area contributed by atoms with Crippen LogP contribution < -0.4 is 38.9 Å². The highest BCUT2D eigenvalue weighted by molar-refractivity contribution is 5.96. The zero-order valence-electron chi connectivity index (χ0n) is 21.5. The quantitative estimate of drug-likeness (QED) is 0.0543. The highest BCUT2D eigenvalue weighted by Crippen LogP contribution is 2.06. The summed E-state index contributed by atoms with van der Waals surface area (Å²) >= 11 is 0. The van der Waals surface area contributed by atoms with Gasteiger partial charge in [-0.2, -0.15) is 0 Å². The maximum Gasteiger partial charge on any atom is 0.326 e. The van der Waals surface area contributed by atoms with E-state index in [1.807, 2.05) is 13.8 Å². The summed E-state index contributed by atoms with van der Waals surface area (Å²) in [6, 6.07) is -4.94. The molecular formula is C22H38N10O6. The number of nitrogens with one attached hydrogen (secondary N) is 4. The molecule has 1 aromatic rings. The first-order chi connectivity index (χ1) is 17.8. The maximum atomic E-state index is 13.1. The first-order valence-corrected chi connectivity index (χ1v) is 12.0. The van der Waals surface area contributed by atoms with Crippen molar-refractivity contribution in [1.82, 2.24) is 25.9 Å². The van der Waals surface area contributed by atoms with E-state index in [9.17, 15) is 29.1 Å². The Kier molecular flexibility index (Phi) is 13.2. The molecule has 212 valence electrons. The Morgan fingerprint density at radius 3 is 2.13 bits per heavy atom. The van der Waals surface area contributed by atoms with E-state index >= 15 is 0 Å². The molecule has 13 N–H and O–H groups in total. The van der Waals surface area contributed by atoms with Crippen LogP contribution in [0.25, 0.3) is 0 Å². The second-order valence-corrected chi connectivity index (χ2v) is 9.16. The topological polar surface area (TPSA) is 287 Å². The number of hydrogen-bond acceptors (Lipinski definition) is 8. The van der Waals surface area contributed by atoms with Crippen LogP contribution in [-0.4, -0.2) is 81.3 Å². The number of nitrogens with zero attached hydrogens (tertiary/aromatic N) is 2. The normalized spacial score (nSPS) is 14.0. The van der Waals surface area contributed by atoms with Gasteiger partial charge in [0.25, 0.3) is 0 Å². The highest BCUT2D eigenvalue weighted by atomic mass is 16.4. The smallest absolute Gasteiger partial charge is 0.326 e. The molecule has 0 radical (unpaired) electrons. The van der Waals surface area contributed by atoms with Crippen molar-refractivity contribution in [3.05, 3.63) is 18.2 Å². The van der Waals surface area contributed by atoms with Crippen molar-refractivity contribution in [1.29, 1.82) is 0 Å². The lowest BCUT2D eigenvalue weighted by molar-refractivity contribution is -0.142. The lowest BCUT2D eigenvalue weighted by atomic mass is 10.0. The fourth-order valence-corrected chi connectivity index (χ4v) is 3.44. The van der Waals surface area contributed by atoms with Gasteiger partial charge >= 0.3 is 5.97 Å². The highest BCUT2D eigenvalue weighted by Gasteiger charge is 2.31. The Bertz CT molecular complexity index is 977. The number of rotatable bonds is 17. The van der Waals surface area contributed by atoms with Crippen LogP contribution in [-0.2, 0) is 30.4 Å².